The van der Waals surface area contributed by atoms with Gasteiger partial charge in [0.15, 0.2) is 5.82 Å². The van der Waals surface area contributed by atoms with E-state index < -0.39 is 0 Å². The van der Waals surface area contributed by atoms with E-state index in [1.165, 1.54) is 0 Å². The van der Waals surface area contributed by atoms with Crippen LogP contribution in [-0.2, 0) is 0 Å². The molecule has 3 heteroatoms. The first-order valence-corrected chi connectivity index (χ1v) is 7.08. The zero-order chi connectivity index (χ0) is 13.5. The molecule has 0 aliphatic carbocycles. The molecule has 1 aromatic heterocycles. The Morgan fingerprint density at radius 3 is 2.63 bits per heavy atom. The molecule has 19 heavy (non-hydrogen) atoms. The minimum atomic E-state index is 0.737. The average molecular weight is 360 g/mol. The fourth-order valence-electron chi connectivity index (χ4n) is 1.60. The summed E-state index contributed by atoms with van der Waals surface area (Å²) in [6, 6.07) is 11.9. The van der Waals surface area contributed by atoms with Crippen molar-refractivity contribution in [1.29, 1.82) is 0 Å². The molecule has 1 heterocycles. The van der Waals surface area contributed by atoms with E-state index in [2.05, 4.69) is 39.1 Å². The van der Waals surface area contributed by atoms with Crippen LogP contribution >= 0.6 is 22.6 Å². The molecule has 0 aliphatic heterocycles. The van der Waals surface area contributed by atoms with Crippen molar-refractivity contribution in [2.24, 2.45) is 0 Å². The van der Waals surface area contributed by atoms with Gasteiger partial charge in [-0.25, -0.2) is 9.97 Å². The maximum absolute atomic E-state index is 4.60. The van der Waals surface area contributed by atoms with Crippen LogP contribution in [-0.4, -0.2) is 9.97 Å². The van der Waals surface area contributed by atoms with Gasteiger partial charge in [0.05, 0.1) is 5.69 Å². The van der Waals surface area contributed by atoms with Gasteiger partial charge in [-0.1, -0.05) is 77.7 Å². The lowest BCUT2D eigenvalue weighted by molar-refractivity contribution is 1.15. The van der Waals surface area contributed by atoms with Gasteiger partial charge in [-0.05, 0) is 10.1 Å². The lowest BCUT2D eigenvalue weighted by Gasteiger charge is -2.04. The van der Waals surface area contributed by atoms with Crippen LogP contribution < -0.4 is 0 Å². The van der Waals surface area contributed by atoms with Crippen molar-refractivity contribution in [3.63, 3.8) is 0 Å². The third kappa shape index (κ3) is 3.61. The molecule has 2 rings (SSSR count). The lowest BCUT2D eigenvalue weighted by Crippen LogP contribution is -1.93. The SMILES string of the molecule is C=C/C=C\C(=C/I)c1ccnc(-c2ccccc2)n1. The van der Waals surface area contributed by atoms with Crippen molar-refractivity contribution in [2.75, 3.05) is 0 Å². The van der Waals surface area contributed by atoms with Gasteiger partial charge >= 0.3 is 0 Å². The molecule has 0 amide bonds. The summed E-state index contributed by atoms with van der Waals surface area (Å²) in [4.78, 5) is 8.92. The van der Waals surface area contributed by atoms with Crippen LogP contribution in [0, 0.1) is 0 Å². The van der Waals surface area contributed by atoms with E-state index in [4.69, 9.17) is 0 Å². The van der Waals surface area contributed by atoms with Crippen molar-refractivity contribution in [3.8, 4) is 11.4 Å². The van der Waals surface area contributed by atoms with Crippen LogP contribution in [0.3, 0.4) is 0 Å². The first kappa shape index (κ1) is 13.7. The normalized spacial score (nSPS) is 11.7. The smallest absolute Gasteiger partial charge is 0.159 e. The van der Waals surface area contributed by atoms with Crippen LogP contribution in [0.25, 0.3) is 17.0 Å². The van der Waals surface area contributed by atoms with E-state index in [9.17, 15) is 0 Å². The average Bonchev–Trinajstić information content (AvgIpc) is 2.49. The molecule has 2 aromatic rings. The van der Waals surface area contributed by atoms with Crippen molar-refractivity contribution in [3.05, 3.63) is 77.2 Å². The fraction of sp³-hybridized carbons (Fsp3) is 0. The van der Waals surface area contributed by atoms with Crippen LogP contribution in [0.4, 0.5) is 0 Å². The van der Waals surface area contributed by atoms with E-state index >= 15 is 0 Å². The minimum absolute atomic E-state index is 0.737. The van der Waals surface area contributed by atoms with E-state index in [0.717, 1.165) is 22.7 Å². The highest BCUT2D eigenvalue weighted by molar-refractivity contribution is 14.1. The molecule has 94 valence electrons. The summed E-state index contributed by atoms with van der Waals surface area (Å²) in [6.45, 7) is 3.68. The Morgan fingerprint density at radius 2 is 1.95 bits per heavy atom. The second kappa shape index (κ2) is 6.99. The Balaban J connectivity index is 2.39. The van der Waals surface area contributed by atoms with Gasteiger partial charge in [0.2, 0.25) is 0 Å². The van der Waals surface area contributed by atoms with Gasteiger partial charge in [-0.15, -0.1) is 0 Å². The Morgan fingerprint density at radius 1 is 1.16 bits per heavy atom. The zero-order valence-corrected chi connectivity index (χ0v) is 12.5. The third-order valence-electron chi connectivity index (χ3n) is 2.51. The molecule has 0 fully saturated rings. The maximum Gasteiger partial charge on any atom is 0.159 e. The predicted molar refractivity (Wildman–Crippen MR) is 88.8 cm³/mol. The lowest BCUT2D eigenvalue weighted by atomic mass is 10.1. The maximum atomic E-state index is 4.60. The molecule has 0 aliphatic rings. The van der Waals surface area contributed by atoms with Crippen molar-refractivity contribution in [2.45, 2.75) is 0 Å². The molecule has 0 spiro atoms. The summed E-state index contributed by atoms with van der Waals surface area (Å²) in [5.74, 6) is 0.737. The Bertz CT molecular complexity index is 616. The van der Waals surface area contributed by atoms with Crippen molar-refractivity contribution in [1.82, 2.24) is 9.97 Å². The predicted octanol–water partition coefficient (Wildman–Crippen LogP) is 4.66. The highest BCUT2D eigenvalue weighted by Gasteiger charge is 2.04. The Kier molecular flexibility index (Phi) is 5.03. The Labute approximate surface area is 126 Å². The van der Waals surface area contributed by atoms with Gasteiger partial charge in [-0.3, -0.25) is 0 Å². The highest BCUT2D eigenvalue weighted by Crippen LogP contribution is 2.19. The van der Waals surface area contributed by atoms with Gasteiger partial charge in [0.1, 0.15) is 0 Å². The van der Waals surface area contributed by atoms with E-state index in [1.54, 1.807) is 12.3 Å². The highest BCUT2D eigenvalue weighted by atomic mass is 127. The van der Waals surface area contributed by atoms with Gasteiger partial charge in [0, 0.05) is 17.3 Å². The molecule has 0 radical (unpaired) electrons. The molecule has 0 saturated carbocycles. The summed E-state index contributed by atoms with van der Waals surface area (Å²) in [6.07, 6.45) is 7.41. The summed E-state index contributed by atoms with van der Waals surface area (Å²) >= 11 is 2.21. The molecule has 2 nitrogen and oxygen atoms in total. The van der Waals surface area contributed by atoms with Gasteiger partial charge in [0.25, 0.3) is 0 Å². The van der Waals surface area contributed by atoms with Gasteiger partial charge in [-0.2, -0.15) is 0 Å². The van der Waals surface area contributed by atoms with Crippen LogP contribution in [0.15, 0.2) is 71.5 Å². The third-order valence-corrected chi connectivity index (χ3v) is 3.18. The van der Waals surface area contributed by atoms with Crippen molar-refractivity contribution >= 4 is 28.2 Å². The first-order valence-electron chi connectivity index (χ1n) is 5.83. The topological polar surface area (TPSA) is 25.8 Å². The summed E-state index contributed by atoms with van der Waals surface area (Å²) in [7, 11) is 0. The molecule has 1 aromatic carbocycles. The molecular formula is C16H13IN2. The van der Waals surface area contributed by atoms with Crippen LogP contribution in [0.1, 0.15) is 5.69 Å². The van der Waals surface area contributed by atoms with E-state index in [1.807, 2.05) is 52.6 Å². The number of hydrogen-bond donors (Lipinski definition) is 0. The number of nitrogens with zero attached hydrogens (tertiary/aromatic N) is 2. The summed E-state index contributed by atoms with van der Waals surface area (Å²) < 4.78 is 1.99. The van der Waals surface area contributed by atoms with Gasteiger partial charge < -0.3 is 0 Å². The largest absolute Gasteiger partial charge is 0.237 e. The molecule has 0 saturated heterocycles. The standard InChI is InChI=1S/C16H13IN2/c1-2-3-7-14(12-17)15-10-11-18-16(19-15)13-8-5-4-6-9-13/h2-12H,1H2/b7-3-,14-12+. The Hall–Kier alpha value is -1.75. The van der Waals surface area contributed by atoms with Crippen molar-refractivity contribution < 1.29 is 0 Å². The zero-order valence-electron chi connectivity index (χ0n) is 10.3. The molecule has 0 N–H and O–H groups in total. The van der Waals surface area contributed by atoms with Crippen LogP contribution in [0.2, 0.25) is 0 Å². The second-order valence-electron chi connectivity index (χ2n) is 3.79. The second-order valence-corrected chi connectivity index (χ2v) is 4.41. The number of rotatable bonds is 4. The first-order chi connectivity index (χ1) is 9.35. The summed E-state index contributed by atoms with van der Waals surface area (Å²) in [5.41, 5.74) is 2.96. The quantitative estimate of drug-likeness (QED) is 0.585. The molecule has 0 atom stereocenters. The number of halogens is 1. The molecule has 0 bridgehead atoms. The minimum Gasteiger partial charge on any atom is -0.237 e. The number of hydrogen-bond acceptors (Lipinski definition) is 2. The molecule has 0 unspecified atom stereocenters. The monoisotopic (exact) mass is 360 g/mol. The summed E-state index contributed by atoms with van der Waals surface area (Å²) in [5, 5.41) is 0. The fourth-order valence-corrected chi connectivity index (χ4v) is 2.12. The molecular weight excluding hydrogens is 347 g/mol. The van der Waals surface area contributed by atoms with Crippen LogP contribution in [0.5, 0.6) is 0 Å². The number of aromatic nitrogens is 2. The number of benzene rings is 1. The number of allylic oxidation sites excluding steroid dienone is 4. The van der Waals surface area contributed by atoms with E-state index in [-0.39, 0.29) is 0 Å². The van der Waals surface area contributed by atoms with E-state index in [0.29, 0.717) is 0 Å².